The predicted molar refractivity (Wildman–Crippen MR) is 76.9 cm³/mol. The monoisotopic (exact) mass is 296 g/mol. The normalized spacial score (nSPS) is 10.2. The first-order chi connectivity index (χ1) is 9.08. The first-order valence-electron chi connectivity index (χ1n) is 5.49. The van der Waals surface area contributed by atoms with Gasteiger partial charge in [0.25, 0.3) is 5.69 Å². The van der Waals surface area contributed by atoms with Crippen LogP contribution in [-0.2, 0) is 6.54 Å². The Hall–Kier alpha value is -1.78. The third-order valence-corrected chi connectivity index (χ3v) is 3.28. The van der Waals surface area contributed by atoms with Gasteiger partial charge in [0.2, 0.25) is 0 Å². The number of nitrogens with one attached hydrogen (secondary N) is 1. The van der Waals surface area contributed by atoms with Crippen molar-refractivity contribution in [2.45, 2.75) is 6.54 Å². The topological polar surface area (TPSA) is 55.2 Å². The summed E-state index contributed by atoms with van der Waals surface area (Å²) in [4.78, 5) is 10.5. The molecule has 4 nitrogen and oxygen atoms in total. The summed E-state index contributed by atoms with van der Waals surface area (Å²) in [5.74, 6) is 0. The van der Waals surface area contributed by atoms with Crippen molar-refractivity contribution in [1.29, 1.82) is 0 Å². The zero-order valence-corrected chi connectivity index (χ0v) is 11.3. The fraction of sp³-hybridized carbons (Fsp3) is 0.0769. The molecule has 98 valence electrons. The van der Waals surface area contributed by atoms with Gasteiger partial charge in [0.15, 0.2) is 0 Å². The second-order valence-electron chi connectivity index (χ2n) is 3.88. The highest BCUT2D eigenvalue weighted by atomic mass is 35.5. The Balaban J connectivity index is 2.24. The average molecular weight is 297 g/mol. The zero-order valence-electron chi connectivity index (χ0n) is 9.77. The van der Waals surface area contributed by atoms with E-state index in [1.54, 1.807) is 0 Å². The van der Waals surface area contributed by atoms with Gasteiger partial charge in [0.1, 0.15) is 5.69 Å². The molecule has 19 heavy (non-hydrogen) atoms. The van der Waals surface area contributed by atoms with Crippen LogP contribution in [0, 0.1) is 10.1 Å². The van der Waals surface area contributed by atoms with Gasteiger partial charge in [0, 0.05) is 12.6 Å². The summed E-state index contributed by atoms with van der Waals surface area (Å²) in [7, 11) is 0. The molecule has 6 heteroatoms. The van der Waals surface area contributed by atoms with Gasteiger partial charge in [-0.2, -0.15) is 0 Å². The highest BCUT2D eigenvalue weighted by Gasteiger charge is 2.16. The molecule has 0 amide bonds. The van der Waals surface area contributed by atoms with E-state index in [1.165, 1.54) is 12.1 Å². The van der Waals surface area contributed by atoms with Gasteiger partial charge >= 0.3 is 0 Å². The molecule has 0 aliphatic carbocycles. The average Bonchev–Trinajstić information content (AvgIpc) is 2.40. The maximum atomic E-state index is 11.0. The van der Waals surface area contributed by atoms with Crippen molar-refractivity contribution < 1.29 is 4.92 Å². The van der Waals surface area contributed by atoms with Crippen LogP contribution in [0.2, 0.25) is 10.0 Å². The van der Waals surface area contributed by atoms with E-state index in [4.69, 9.17) is 23.2 Å². The van der Waals surface area contributed by atoms with Crippen molar-refractivity contribution in [2.24, 2.45) is 0 Å². The minimum absolute atomic E-state index is 0.0923. The third-order valence-electron chi connectivity index (χ3n) is 2.56. The Morgan fingerprint density at radius 1 is 1.11 bits per heavy atom. The van der Waals surface area contributed by atoms with Crippen LogP contribution in [-0.4, -0.2) is 4.92 Å². The van der Waals surface area contributed by atoms with E-state index in [-0.39, 0.29) is 15.7 Å². The Morgan fingerprint density at radius 3 is 2.37 bits per heavy atom. The van der Waals surface area contributed by atoms with Crippen molar-refractivity contribution >= 4 is 34.6 Å². The summed E-state index contributed by atoms with van der Waals surface area (Å²) in [6.45, 7) is 0.472. The minimum atomic E-state index is -0.491. The zero-order chi connectivity index (χ0) is 13.8. The Labute approximate surface area is 120 Å². The molecule has 1 N–H and O–H groups in total. The first kappa shape index (κ1) is 13.6. The molecule has 0 heterocycles. The highest BCUT2D eigenvalue weighted by molar-refractivity contribution is 6.42. The summed E-state index contributed by atoms with van der Waals surface area (Å²) in [5, 5.41) is 14.4. The molecule has 0 spiro atoms. The van der Waals surface area contributed by atoms with E-state index < -0.39 is 4.92 Å². The number of nitrogens with zero attached hydrogens (tertiary/aromatic N) is 1. The molecule has 0 aromatic heterocycles. The lowest BCUT2D eigenvalue weighted by Crippen LogP contribution is -2.02. The van der Waals surface area contributed by atoms with Crippen LogP contribution in [0.4, 0.5) is 11.4 Å². The number of nitro groups is 1. The number of nitro benzene ring substituents is 1. The van der Waals surface area contributed by atoms with Crippen molar-refractivity contribution in [3.8, 4) is 0 Å². The van der Waals surface area contributed by atoms with Crippen LogP contribution >= 0.6 is 23.2 Å². The SMILES string of the molecule is O=[N+]([O-])c1cc(Cl)c(Cl)cc1NCc1ccccc1. The van der Waals surface area contributed by atoms with Gasteiger partial charge in [0.05, 0.1) is 15.0 Å². The quantitative estimate of drug-likeness (QED) is 0.667. The lowest BCUT2D eigenvalue weighted by atomic mass is 10.2. The summed E-state index contributed by atoms with van der Waals surface area (Å²) in [6.07, 6.45) is 0. The molecular weight excluding hydrogens is 287 g/mol. The van der Waals surface area contributed by atoms with Crippen LogP contribution in [0.3, 0.4) is 0 Å². The fourth-order valence-electron chi connectivity index (χ4n) is 1.62. The van der Waals surface area contributed by atoms with Crippen LogP contribution < -0.4 is 5.32 Å². The largest absolute Gasteiger partial charge is 0.375 e. The minimum Gasteiger partial charge on any atom is -0.375 e. The van der Waals surface area contributed by atoms with E-state index in [1.807, 2.05) is 30.3 Å². The van der Waals surface area contributed by atoms with E-state index in [0.717, 1.165) is 5.56 Å². The molecule has 0 fully saturated rings. The second-order valence-corrected chi connectivity index (χ2v) is 4.69. The molecule has 0 bridgehead atoms. The number of anilines is 1. The molecule has 0 aliphatic heterocycles. The highest BCUT2D eigenvalue weighted by Crippen LogP contribution is 2.34. The molecule has 0 atom stereocenters. The number of rotatable bonds is 4. The van der Waals surface area contributed by atoms with Gasteiger partial charge in [-0.25, -0.2) is 0 Å². The molecule has 2 aromatic rings. The molecule has 0 radical (unpaired) electrons. The van der Waals surface area contributed by atoms with Crippen molar-refractivity contribution in [3.63, 3.8) is 0 Å². The van der Waals surface area contributed by atoms with E-state index >= 15 is 0 Å². The van der Waals surface area contributed by atoms with Gasteiger partial charge < -0.3 is 5.32 Å². The number of halogens is 2. The summed E-state index contributed by atoms with van der Waals surface area (Å²) in [6, 6.07) is 12.3. The van der Waals surface area contributed by atoms with Gasteiger partial charge in [-0.05, 0) is 11.6 Å². The van der Waals surface area contributed by atoms with Gasteiger partial charge in [-0.1, -0.05) is 53.5 Å². The van der Waals surface area contributed by atoms with Gasteiger partial charge in [-0.15, -0.1) is 0 Å². The van der Waals surface area contributed by atoms with Crippen LogP contribution in [0.1, 0.15) is 5.56 Å². The maximum absolute atomic E-state index is 11.0. The van der Waals surface area contributed by atoms with Crippen LogP contribution in [0.5, 0.6) is 0 Å². The lowest BCUT2D eigenvalue weighted by Gasteiger charge is -2.08. The predicted octanol–water partition coefficient (Wildman–Crippen LogP) is 4.51. The number of hydrogen-bond donors (Lipinski definition) is 1. The molecule has 2 rings (SSSR count). The Kier molecular flexibility index (Phi) is 4.24. The lowest BCUT2D eigenvalue weighted by molar-refractivity contribution is -0.383. The molecule has 0 unspecified atom stereocenters. The van der Waals surface area contributed by atoms with Crippen LogP contribution in [0.25, 0.3) is 0 Å². The second kappa shape index (κ2) is 5.91. The fourth-order valence-corrected chi connectivity index (χ4v) is 1.94. The number of hydrogen-bond acceptors (Lipinski definition) is 3. The first-order valence-corrected chi connectivity index (χ1v) is 6.25. The van der Waals surface area contributed by atoms with Crippen molar-refractivity contribution in [2.75, 3.05) is 5.32 Å². The third kappa shape index (κ3) is 3.36. The molecule has 0 aliphatic rings. The molecule has 0 saturated carbocycles. The molecular formula is C13H10Cl2N2O2. The van der Waals surface area contributed by atoms with Crippen molar-refractivity contribution in [3.05, 3.63) is 68.2 Å². The summed E-state index contributed by atoms with van der Waals surface area (Å²) < 4.78 is 0. The molecule has 0 saturated heterocycles. The standard InChI is InChI=1S/C13H10Cl2N2O2/c14-10-6-12(13(17(18)19)7-11(10)15)16-8-9-4-2-1-3-5-9/h1-7,16H,8H2. The van der Waals surface area contributed by atoms with E-state index in [2.05, 4.69) is 5.32 Å². The maximum Gasteiger partial charge on any atom is 0.293 e. The Bertz CT molecular complexity index is 603. The summed E-state index contributed by atoms with van der Waals surface area (Å²) >= 11 is 11.7. The number of benzene rings is 2. The van der Waals surface area contributed by atoms with Crippen molar-refractivity contribution in [1.82, 2.24) is 0 Å². The van der Waals surface area contributed by atoms with E-state index in [9.17, 15) is 10.1 Å². The Morgan fingerprint density at radius 2 is 1.74 bits per heavy atom. The van der Waals surface area contributed by atoms with Crippen LogP contribution in [0.15, 0.2) is 42.5 Å². The van der Waals surface area contributed by atoms with E-state index in [0.29, 0.717) is 12.2 Å². The molecule has 2 aromatic carbocycles. The smallest absolute Gasteiger partial charge is 0.293 e. The van der Waals surface area contributed by atoms with Gasteiger partial charge in [-0.3, -0.25) is 10.1 Å². The summed E-state index contributed by atoms with van der Waals surface area (Å²) in [5.41, 5.74) is 1.27.